The Labute approximate surface area is 211 Å². The van der Waals surface area contributed by atoms with Gasteiger partial charge in [0.25, 0.3) is 0 Å². The monoisotopic (exact) mass is 506 g/mol. The summed E-state index contributed by atoms with van der Waals surface area (Å²) in [5.41, 5.74) is 6.24. The molecule has 0 atom stereocenters. The lowest BCUT2D eigenvalue weighted by molar-refractivity contribution is 0.303. The van der Waals surface area contributed by atoms with Crippen LogP contribution in [0, 0.1) is 4.77 Å². The van der Waals surface area contributed by atoms with Gasteiger partial charge in [0.1, 0.15) is 12.4 Å². The average Bonchev–Trinajstić information content (AvgIpc) is 3.23. The van der Waals surface area contributed by atoms with Gasteiger partial charge in [-0.1, -0.05) is 89.9 Å². The van der Waals surface area contributed by atoms with Crippen LogP contribution < -0.4 is 10.2 Å². The summed E-state index contributed by atoms with van der Waals surface area (Å²) in [6.45, 7) is 0.792. The van der Waals surface area contributed by atoms with Crippen LogP contribution in [0.1, 0.15) is 11.1 Å². The van der Waals surface area contributed by atoms with Crippen LogP contribution in [0.2, 0.25) is 10.0 Å². The second-order valence-electron chi connectivity index (χ2n) is 7.68. The zero-order valence-corrected chi connectivity index (χ0v) is 20.3. The van der Waals surface area contributed by atoms with Gasteiger partial charge in [-0.2, -0.15) is 5.10 Å². The molecule has 2 N–H and O–H groups in total. The Bertz CT molecular complexity index is 1510. The molecule has 0 radical (unpaired) electrons. The first kappa shape index (κ1) is 22.5. The topological polar surface area (TPSA) is 54.9 Å². The molecular weight excluding hydrogens is 487 g/mol. The van der Waals surface area contributed by atoms with Gasteiger partial charge in [-0.25, -0.2) is 9.77 Å². The van der Waals surface area contributed by atoms with Gasteiger partial charge in [-0.05, 0) is 41.2 Å². The van der Waals surface area contributed by atoms with Crippen molar-refractivity contribution in [1.29, 1.82) is 0 Å². The number of fused-ring (bicyclic) bond motifs is 1. The zero-order valence-electron chi connectivity index (χ0n) is 18.0. The van der Waals surface area contributed by atoms with Gasteiger partial charge in [0.2, 0.25) is 4.77 Å². The van der Waals surface area contributed by atoms with Gasteiger partial charge in [0.05, 0.1) is 6.54 Å². The van der Waals surface area contributed by atoms with E-state index in [-0.39, 0.29) is 0 Å². The molecule has 0 saturated heterocycles. The third-order valence-corrected chi connectivity index (χ3v) is 6.37. The highest BCUT2D eigenvalue weighted by Gasteiger charge is 2.13. The first-order valence-corrected chi connectivity index (χ1v) is 11.8. The molecule has 0 unspecified atom stereocenters. The van der Waals surface area contributed by atoms with Crippen LogP contribution in [-0.2, 0) is 13.2 Å². The molecule has 5 rings (SSSR count). The normalized spacial score (nSPS) is 11.0. The Hall–Kier alpha value is -3.32. The minimum absolute atomic E-state index is 0.321. The number of aromatic amines is 1. The van der Waals surface area contributed by atoms with Gasteiger partial charge in [-0.3, -0.25) is 0 Å². The van der Waals surface area contributed by atoms with E-state index in [1.807, 2.05) is 54.6 Å². The van der Waals surface area contributed by atoms with Crippen LogP contribution in [-0.4, -0.2) is 14.9 Å². The first-order chi connectivity index (χ1) is 16.6. The Morgan fingerprint density at radius 2 is 1.74 bits per heavy atom. The van der Waals surface area contributed by atoms with Crippen LogP contribution in [0.3, 0.4) is 0 Å². The Morgan fingerprint density at radius 3 is 2.56 bits per heavy atom. The maximum Gasteiger partial charge on any atom is 0.214 e. The van der Waals surface area contributed by atoms with Crippen molar-refractivity contribution in [2.24, 2.45) is 0 Å². The van der Waals surface area contributed by atoms with Gasteiger partial charge < -0.3 is 10.2 Å². The quantitative estimate of drug-likeness (QED) is 0.226. The maximum atomic E-state index is 6.35. The third kappa shape index (κ3) is 4.66. The summed E-state index contributed by atoms with van der Waals surface area (Å²) >= 11 is 17.9. The summed E-state index contributed by atoms with van der Waals surface area (Å²) in [6.07, 6.45) is 0. The van der Waals surface area contributed by atoms with E-state index < -0.39 is 0 Å². The molecule has 170 valence electrons. The molecule has 0 saturated carbocycles. The van der Waals surface area contributed by atoms with E-state index in [4.69, 9.17) is 40.2 Å². The molecule has 0 bridgehead atoms. The van der Waals surface area contributed by atoms with Crippen LogP contribution >= 0.6 is 35.4 Å². The summed E-state index contributed by atoms with van der Waals surface area (Å²) < 4.78 is 8.51. The lowest BCUT2D eigenvalue weighted by Gasteiger charge is -2.17. The number of hydrogen-bond donors (Lipinski definition) is 2. The van der Waals surface area contributed by atoms with Crippen molar-refractivity contribution in [1.82, 2.24) is 14.9 Å². The van der Waals surface area contributed by atoms with Crippen LogP contribution in [0.25, 0.3) is 22.2 Å². The number of nitrogens with zero attached hydrogens (tertiary/aromatic N) is 2. The number of nitrogens with one attached hydrogen (secondary N) is 2. The lowest BCUT2D eigenvalue weighted by atomic mass is 10.0. The number of ether oxygens (including phenoxy) is 1. The second kappa shape index (κ2) is 9.89. The van der Waals surface area contributed by atoms with E-state index in [0.717, 1.165) is 33.2 Å². The highest BCUT2D eigenvalue weighted by Crippen LogP contribution is 2.30. The first-order valence-electron chi connectivity index (χ1n) is 10.6. The molecule has 0 aliphatic carbocycles. The predicted molar refractivity (Wildman–Crippen MR) is 141 cm³/mol. The fourth-order valence-corrected chi connectivity index (χ4v) is 4.47. The molecule has 34 heavy (non-hydrogen) atoms. The van der Waals surface area contributed by atoms with Crippen molar-refractivity contribution in [2.75, 3.05) is 5.43 Å². The second-order valence-corrected chi connectivity index (χ2v) is 8.91. The van der Waals surface area contributed by atoms with Gasteiger partial charge in [0.15, 0.2) is 5.82 Å². The largest absolute Gasteiger partial charge is 0.488 e. The summed E-state index contributed by atoms with van der Waals surface area (Å²) in [4.78, 5) is 0. The molecule has 5 aromatic rings. The molecule has 8 heteroatoms. The Morgan fingerprint density at radius 1 is 0.941 bits per heavy atom. The van der Waals surface area contributed by atoms with Crippen molar-refractivity contribution in [3.05, 3.63) is 111 Å². The van der Waals surface area contributed by atoms with E-state index in [9.17, 15) is 0 Å². The summed E-state index contributed by atoms with van der Waals surface area (Å²) in [6, 6.07) is 27.5. The molecule has 0 spiro atoms. The summed E-state index contributed by atoms with van der Waals surface area (Å²) in [5.74, 6) is 1.47. The highest BCUT2D eigenvalue weighted by atomic mass is 35.5. The Balaban J connectivity index is 1.47. The van der Waals surface area contributed by atoms with Crippen molar-refractivity contribution >= 4 is 46.2 Å². The predicted octanol–water partition coefficient (Wildman–Crippen LogP) is 7.39. The number of aromatic nitrogens is 3. The van der Waals surface area contributed by atoms with Crippen molar-refractivity contribution < 1.29 is 4.74 Å². The molecule has 4 aromatic carbocycles. The third-order valence-electron chi connectivity index (χ3n) is 5.51. The fraction of sp³-hybridized carbons (Fsp3) is 0.0769. The average molecular weight is 507 g/mol. The maximum absolute atomic E-state index is 6.35. The molecular formula is C26H20Cl2N4OS. The minimum atomic E-state index is 0.321. The zero-order chi connectivity index (χ0) is 23.5. The standard InChI is InChI=1S/C26H20Cl2N4OS/c27-20-12-10-19(23(28)14-20)16-33-24-13-11-17-6-4-5-9-21(17)22(24)15-29-32-25(30-31-26(32)34)18-7-2-1-3-8-18/h1-14,29H,15-16H2,(H,31,34). The summed E-state index contributed by atoms with van der Waals surface area (Å²) in [5, 5.41) is 10.7. The van der Waals surface area contributed by atoms with E-state index in [1.165, 1.54) is 0 Å². The number of rotatable bonds is 7. The van der Waals surface area contributed by atoms with E-state index in [1.54, 1.807) is 16.8 Å². The van der Waals surface area contributed by atoms with Crippen LogP contribution in [0.5, 0.6) is 5.75 Å². The molecule has 1 heterocycles. The van der Waals surface area contributed by atoms with Crippen LogP contribution in [0.4, 0.5) is 0 Å². The molecule has 0 aliphatic rings. The number of benzene rings is 4. The van der Waals surface area contributed by atoms with Crippen molar-refractivity contribution in [3.8, 4) is 17.1 Å². The van der Waals surface area contributed by atoms with E-state index in [2.05, 4.69) is 33.8 Å². The van der Waals surface area contributed by atoms with Crippen LogP contribution in [0.15, 0.2) is 84.9 Å². The summed E-state index contributed by atoms with van der Waals surface area (Å²) in [7, 11) is 0. The van der Waals surface area contributed by atoms with E-state index in [0.29, 0.717) is 33.8 Å². The molecule has 0 fully saturated rings. The van der Waals surface area contributed by atoms with Gasteiger partial charge in [0, 0.05) is 26.7 Å². The number of hydrogen-bond acceptors (Lipinski definition) is 4. The van der Waals surface area contributed by atoms with Crippen molar-refractivity contribution in [3.63, 3.8) is 0 Å². The highest BCUT2D eigenvalue weighted by molar-refractivity contribution is 7.71. The number of halogens is 2. The minimum Gasteiger partial charge on any atom is -0.488 e. The fourth-order valence-electron chi connectivity index (χ4n) is 3.81. The molecule has 0 amide bonds. The van der Waals surface area contributed by atoms with Gasteiger partial charge >= 0.3 is 0 Å². The molecule has 5 nitrogen and oxygen atoms in total. The lowest BCUT2D eigenvalue weighted by Crippen LogP contribution is -2.17. The van der Waals surface area contributed by atoms with Crippen molar-refractivity contribution in [2.45, 2.75) is 13.2 Å². The SMILES string of the molecule is S=c1[nH]nc(-c2ccccc2)n1NCc1c(OCc2ccc(Cl)cc2Cl)ccc2ccccc12. The Kier molecular flexibility index (Phi) is 6.54. The molecule has 1 aromatic heterocycles. The number of H-pyrrole nitrogens is 1. The molecule has 0 aliphatic heterocycles. The smallest absolute Gasteiger partial charge is 0.214 e. The van der Waals surface area contributed by atoms with E-state index >= 15 is 0 Å². The van der Waals surface area contributed by atoms with Gasteiger partial charge in [-0.15, -0.1) is 0 Å².